The van der Waals surface area contributed by atoms with Crippen LogP contribution in [0.2, 0.25) is 0 Å². The highest BCUT2D eigenvalue weighted by Gasteiger charge is 2.31. The van der Waals surface area contributed by atoms with Crippen LogP contribution in [0.15, 0.2) is 29.2 Å². The van der Waals surface area contributed by atoms with Gasteiger partial charge < -0.3 is 9.47 Å². The van der Waals surface area contributed by atoms with Gasteiger partial charge in [0, 0.05) is 12.6 Å². The summed E-state index contributed by atoms with van der Waals surface area (Å²) in [6, 6.07) is 6.95. The molecule has 1 aromatic rings. The number of rotatable bonds is 5. The Kier molecular flexibility index (Phi) is 5.21. The van der Waals surface area contributed by atoms with Crippen LogP contribution >= 0.6 is 11.8 Å². The standard InChI is InChI=1S/C15H15NO5S/c1-3-20-13(17)9-21-11-7-5-4-6-10(11)8-12-14(18)16(2)15(19)22-12/h4-8H,3,9H2,1-2H3/b12-8-. The first kappa shape index (κ1) is 16.1. The highest BCUT2D eigenvalue weighted by Crippen LogP contribution is 2.32. The highest BCUT2D eigenvalue weighted by molar-refractivity contribution is 8.18. The van der Waals surface area contributed by atoms with Crippen molar-refractivity contribution in [3.05, 3.63) is 34.7 Å². The second-order valence-electron chi connectivity index (χ2n) is 4.37. The first-order valence-electron chi connectivity index (χ1n) is 6.62. The van der Waals surface area contributed by atoms with Gasteiger partial charge in [-0.25, -0.2) is 4.79 Å². The predicted octanol–water partition coefficient (Wildman–Crippen LogP) is 2.29. The van der Waals surface area contributed by atoms with Gasteiger partial charge >= 0.3 is 5.97 Å². The van der Waals surface area contributed by atoms with Gasteiger partial charge in [-0.15, -0.1) is 0 Å². The maximum atomic E-state index is 11.9. The number of para-hydroxylation sites is 1. The molecule has 0 saturated carbocycles. The summed E-state index contributed by atoms with van der Waals surface area (Å²) >= 11 is 0.869. The smallest absolute Gasteiger partial charge is 0.344 e. The van der Waals surface area contributed by atoms with Crippen LogP contribution < -0.4 is 4.74 Å². The van der Waals surface area contributed by atoms with E-state index in [4.69, 9.17) is 9.47 Å². The molecule has 0 unspecified atom stereocenters. The topological polar surface area (TPSA) is 72.9 Å². The van der Waals surface area contributed by atoms with Gasteiger partial charge in [0.15, 0.2) is 6.61 Å². The lowest BCUT2D eigenvalue weighted by Gasteiger charge is -2.09. The van der Waals surface area contributed by atoms with E-state index in [-0.39, 0.29) is 24.4 Å². The van der Waals surface area contributed by atoms with E-state index in [0.717, 1.165) is 16.7 Å². The molecular formula is C15H15NO5S. The number of nitrogens with zero attached hydrogens (tertiary/aromatic N) is 1. The second kappa shape index (κ2) is 7.13. The van der Waals surface area contributed by atoms with Gasteiger partial charge in [-0.1, -0.05) is 18.2 Å². The van der Waals surface area contributed by atoms with E-state index in [1.165, 1.54) is 7.05 Å². The molecule has 0 spiro atoms. The van der Waals surface area contributed by atoms with Crippen LogP contribution in [-0.2, 0) is 14.3 Å². The SMILES string of the molecule is CCOC(=O)COc1ccccc1/C=C1\SC(=O)N(C)C1=O. The molecule has 1 aromatic carbocycles. The van der Waals surface area contributed by atoms with E-state index in [0.29, 0.717) is 16.2 Å². The lowest BCUT2D eigenvalue weighted by atomic mass is 10.2. The van der Waals surface area contributed by atoms with Crippen molar-refractivity contribution in [2.75, 3.05) is 20.3 Å². The molecule has 0 N–H and O–H groups in total. The maximum Gasteiger partial charge on any atom is 0.344 e. The number of benzene rings is 1. The molecule has 0 bridgehead atoms. The number of hydrogen-bond acceptors (Lipinski definition) is 6. The van der Waals surface area contributed by atoms with Gasteiger partial charge in [0.25, 0.3) is 11.1 Å². The molecular weight excluding hydrogens is 306 g/mol. The average molecular weight is 321 g/mol. The molecule has 1 aliphatic heterocycles. The largest absolute Gasteiger partial charge is 0.481 e. The van der Waals surface area contributed by atoms with E-state index >= 15 is 0 Å². The Morgan fingerprint density at radius 1 is 1.32 bits per heavy atom. The minimum Gasteiger partial charge on any atom is -0.481 e. The van der Waals surface area contributed by atoms with Crippen LogP contribution in [0.4, 0.5) is 4.79 Å². The lowest BCUT2D eigenvalue weighted by Crippen LogP contribution is -2.22. The van der Waals surface area contributed by atoms with E-state index < -0.39 is 5.97 Å². The molecule has 1 fully saturated rings. The van der Waals surface area contributed by atoms with Crippen LogP contribution in [0.3, 0.4) is 0 Å². The summed E-state index contributed by atoms with van der Waals surface area (Å²) in [6.07, 6.45) is 1.58. The zero-order valence-electron chi connectivity index (χ0n) is 12.2. The summed E-state index contributed by atoms with van der Waals surface area (Å²) in [5.74, 6) is -0.375. The fourth-order valence-corrected chi connectivity index (χ4v) is 2.58. The van der Waals surface area contributed by atoms with Crippen molar-refractivity contribution in [2.24, 2.45) is 0 Å². The maximum absolute atomic E-state index is 11.9. The van der Waals surface area contributed by atoms with Crippen molar-refractivity contribution in [3.8, 4) is 5.75 Å². The van der Waals surface area contributed by atoms with Gasteiger partial charge in [-0.05, 0) is 30.8 Å². The molecule has 0 radical (unpaired) electrons. The molecule has 0 atom stereocenters. The third kappa shape index (κ3) is 3.67. The van der Waals surface area contributed by atoms with Gasteiger partial charge in [-0.3, -0.25) is 14.5 Å². The number of ether oxygens (including phenoxy) is 2. The Balaban J connectivity index is 2.17. The van der Waals surface area contributed by atoms with Crippen molar-refractivity contribution in [2.45, 2.75) is 6.92 Å². The molecule has 2 amide bonds. The number of carbonyl (C=O) groups is 3. The molecule has 22 heavy (non-hydrogen) atoms. The average Bonchev–Trinajstić information content (AvgIpc) is 2.74. The van der Waals surface area contributed by atoms with Crippen molar-refractivity contribution in [1.29, 1.82) is 0 Å². The van der Waals surface area contributed by atoms with Gasteiger partial charge in [0.1, 0.15) is 5.75 Å². The molecule has 0 aromatic heterocycles. The third-order valence-corrected chi connectivity index (χ3v) is 3.80. The monoisotopic (exact) mass is 321 g/mol. The van der Waals surface area contributed by atoms with Crippen molar-refractivity contribution < 1.29 is 23.9 Å². The van der Waals surface area contributed by atoms with Gasteiger partial charge in [0.2, 0.25) is 0 Å². The fraction of sp³-hybridized carbons (Fsp3) is 0.267. The Hall–Kier alpha value is -2.28. The zero-order valence-corrected chi connectivity index (χ0v) is 13.0. The van der Waals surface area contributed by atoms with Crippen LogP contribution in [0.1, 0.15) is 12.5 Å². The minimum atomic E-state index is -0.466. The molecule has 7 heteroatoms. The quantitative estimate of drug-likeness (QED) is 0.612. The molecule has 1 heterocycles. The molecule has 0 aliphatic carbocycles. The van der Waals surface area contributed by atoms with Crippen molar-refractivity contribution in [1.82, 2.24) is 4.90 Å². The Morgan fingerprint density at radius 2 is 2.05 bits per heavy atom. The minimum absolute atomic E-state index is 0.214. The number of likely N-dealkylation sites (N-methyl/N-ethyl adjacent to an activating group) is 1. The second-order valence-corrected chi connectivity index (χ2v) is 5.37. The lowest BCUT2D eigenvalue weighted by molar-refractivity contribution is -0.145. The Morgan fingerprint density at radius 3 is 2.68 bits per heavy atom. The predicted molar refractivity (Wildman–Crippen MR) is 82.3 cm³/mol. The molecule has 1 aliphatic rings. The summed E-state index contributed by atoms with van der Waals surface area (Å²) in [5.41, 5.74) is 0.616. The zero-order chi connectivity index (χ0) is 16.1. The number of thioether (sulfide) groups is 1. The molecule has 116 valence electrons. The molecule has 2 rings (SSSR count). The van der Waals surface area contributed by atoms with E-state index in [1.54, 1.807) is 37.3 Å². The van der Waals surface area contributed by atoms with Crippen LogP contribution in [0.5, 0.6) is 5.75 Å². The summed E-state index contributed by atoms with van der Waals surface area (Å²) in [5, 5.41) is -0.318. The number of imide groups is 1. The van der Waals surface area contributed by atoms with Crippen molar-refractivity contribution >= 4 is 35.0 Å². The Bertz CT molecular complexity index is 641. The first-order valence-corrected chi connectivity index (χ1v) is 7.43. The van der Waals surface area contributed by atoms with E-state index in [9.17, 15) is 14.4 Å². The number of amides is 2. The van der Waals surface area contributed by atoms with Gasteiger partial charge in [-0.2, -0.15) is 0 Å². The normalized spacial score (nSPS) is 16.3. The third-order valence-electron chi connectivity index (χ3n) is 2.84. The Labute approximate surface area is 132 Å². The van der Waals surface area contributed by atoms with Crippen LogP contribution in [-0.4, -0.2) is 42.3 Å². The molecule has 1 saturated heterocycles. The number of hydrogen-bond donors (Lipinski definition) is 0. The fourth-order valence-electron chi connectivity index (χ4n) is 1.76. The summed E-state index contributed by atoms with van der Waals surface area (Å²) < 4.78 is 10.2. The summed E-state index contributed by atoms with van der Waals surface area (Å²) in [6.45, 7) is 1.79. The number of carbonyl (C=O) groups excluding carboxylic acids is 3. The van der Waals surface area contributed by atoms with E-state index in [2.05, 4.69) is 0 Å². The highest BCUT2D eigenvalue weighted by atomic mass is 32.2. The summed E-state index contributed by atoms with van der Waals surface area (Å²) in [4.78, 5) is 36.1. The number of esters is 1. The summed E-state index contributed by atoms with van der Waals surface area (Å²) in [7, 11) is 1.43. The molecule has 6 nitrogen and oxygen atoms in total. The first-order chi connectivity index (χ1) is 10.5. The van der Waals surface area contributed by atoms with Gasteiger partial charge in [0.05, 0.1) is 11.5 Å². The van der Waals surface area contributed by atoms with Crippen LogP contribution in [0, 0.1) is 0 Å². The van der Waals surface area contributed by atoms with Crippen molar-refractivity contribution in [3.63, 3.8) is 0 Å². The van der Waals surface area contributed by atoms with Crippen LogP contribution in [0.25, 0.3) is 6.08 Å². The van der Waals surface area contributed by atoms with E-state index in [1.807, 2.05) is 0 Å².